The fourth-order valence-electron chi connectivity index (χ4n) is 1.45. The molecule has 108 valence electrons. The first-order chi connectivity index (χ1) is 8.74. The van der Waals surface area contributed by atoms with E-state index in [1.54, 1.807) is 13.8 Å². The van der Waals surface area contributed by atoms with Crippen molar-refractivity contribution in [1.82, 2.24) is 4.72 Å². The number of hydrogen-bond acceptors (Lipinski definition) is 3. The van der Waals surface area contributed by atoms with Gasteiger partial charge in [-0.3, -0.25) is 0 Å². The molecule has 1 aromatic rings. The summed E-state index contributed by atoms with van der Waals surface area (Å²) in [7, 11) is -4.03. The van der Waals surface area contributed by atoms with Crippen molar-refractivity contribution in [1.29, 1.82) is 0 Å². The summed E-state index contributed by atoms with van der Waals surface area (Å²) < 4.78 is 51.7. The van der Waals surface area contributed by atoms with Crippen LogP contribution in [0.15, 0.2) is 23.1 Å². The van der Waals surface area contributed by atoms with E-state index in [0.29, 0.717) is 6.07 Å². The van der Waals surface area contributed by atoms with Crippen molar-refractivity contribution in [3.63, 3.8) is 0 Å². The predicted molar refractivity (Wildman–Crippen MR) is 67.0 cm³/mol. The molecule has 7 heteroatoms. The van der Waals surface area contributed by atoms with Gasteiger partial charge in [-0.15, -0.1) is 0 Å². The standard InChI is InChI=1S/C12H17F2NO3S/c1-8(2)11(16)5-6-15-19(17,18)12-4-3-9(13)7-10(12)14/h3-4,7-8,11,15-16H,5-6H2,1-2H3/t11-/m1/s1. The van der Waals surface area contributed by atoms with Gasteiger partial charge in [0.2, 0.25) is 10.0 Å². The predicted octanol–water partition coefficient (Wildman–Crippen LogP) is 1.65. The quantitative estimate of drug-likeness (QED) is 0.838. The zero-order valence-corrected chi connectivity index (χ0v) is 11.5. The van der Waals surface area contributed by atoms with E-state index < -0.39 is 32.7 Å². The van der Waals surface area contributed by atoms with Crippen molar-refractivity contribution in [3.05, 3.63) is 29.8 Å². The average molecular weight is 293 g/mol. The molecule has 0 aliphatic rings. The van der Waals surface area contributed by atoms with Gasteiger partial charge in [0.15, 0.2) is 0 Å². The number of sulfonamides is 1. The minimum absolute atomic E-state index is 0.00654. The minimum Gasteiger partial charge on any atom is -0.393 e. The molecular formula is C12H17F2NO3S. The second-order valence-electron chi connectivity index (χ2n) is 4.57. The largest absolute Gasteiger partial charge is 0.393 e. The van der Waals surface area contributed by atoms with Crippen molar-refractivity contribution in [3.8, 4) is 0 Å². The lowest BCUT2D eigenvalue weighted by atomic mass is 10.1. The molecule has 2 N–H and O–H groups in total. The van der Waals surface area contributed by atoms with E-state index in [2.05, 4.69) is 4.72 Å². The van der Waals surface area contributed by atoms with E-state index in [1.807, 2.05) is 0 Å². The number of rotatable bonds is 6. The van der Waals surface area contributed by atoms with Crippen molar-refractivity contribution < 1.29 is 22.3 Å². The molecule has 1 rings (SSSR count). The first-order valence-corrected chi connectivity index (χ1v) is 7.35. The van der Waals surface area contributed by atoms with Gasteiger partial charge in [-0.05, 0) is 24.5 Å². The van der Waals surface area contributed by atoms with Crippen LogP contribution in [0, 0.1) is 17.6 Å². The van der Waals surface area contributed by atoms with Gasteiger partial charge in [0.25, 0.3) is 0 Å². The maximum atomic E-state index is 13.4. The minimum atomic E-state index is -4.03. The number of halogens is 2. The monoisotopic (exact) mass is 293 g/mol. The highest BCUT2D eigenvalue weighted by atomic mass is 32.2. The van der Waals surface area contributed by atoms with Crippen molar-refractivity contribution in [2.24, 2.45) is 5.92 Å². The Bertz CT molecular complexity index is 532. The molecule has 19 heavy (non-hydrogen) atoms. The third kappa shape index (κ3) is 4.52. The molecule has 1 aromatic carbocycles. The molecule has 0 saturated carbocycles. The third-order valence-electron chi connectivity index (χ3n) is 2.69. The molecule has 0 saturated heterocycles. The molecular weight excluding hydrogens is 276 g/mol. The topological polar surface area (TPSA) is 66.4 Å². The normalized spacial score (nSPS) is 13.8. The van der Waals surface area contributed by atoms with Crippen LogP contribution in [0.4, 0.5) is 8.78 Å². The summed E-state index contributed by atoms with van der Waals surface area (Å²) in [4.78, 5) is -0.604. The highest BCUT2D eigenvalue weighted by Gasteiger charge is 2.19. The zero-order valence-electron chi connectivity index (χ0n) is 10.7. The lowest BCUT2D eigenvalue weighted by Crippen LogP contribution is -2.29. The number of aliphatic hydroxyl groups excluding tert-OH is 1. The Balaban J connectivity index is 2.71. The van der Waals surface area contributed by atoms with Crippen molar-refractivity contribution >= 4 is 10.0 Å². The number of hydrogen-bond donors (Lipinski definition) is 2. The molecule has 0 aromatic heterocycles. The van der Waals surface area contributed by atoms with Gasteiger partial charge < -0.3 is 5.11 Å². The zero-order chi connectivity index (χ0) is 14.6. The maximum absolute atomic E-state index is 13.4. The van der Waals surface area contributed by atoms with Crippen LogP contribution in [-0.2, 0) is 10.0 Å². The Morgan fingerprint density at radius 3 is 2.47 bits per heavy atom. The van der Waals surface area contributed by atoms with Crippen LogP contribution in [-0.4, -0.2) is 26.2 Å². The van der Waals surface area contributed by atoms with Gasteiger partial charge in [-0.1, -0.05) is 13.8 Å². The summed E-state index contributed by atoms with van der Waals surface area (Å²) in [5, 5.41) is 9.53. The molecule has 1 atom stereocenters. The highest BCUT2D eigenvalue weighted by Crippen LogP contribution is 2.15. The van der Waals surface area contributed by atoms with Crippen molar-refractivity contribution in [2.45, 2.75) is 31.3 Å². The molecule has 0 bridgehead atoms. The van der Waals surface area contributed by atoms with Crippen molar-refractivity contribution in [2.75, 3.05) is 6.54 Å². The van der Waals surface area contributed by atoms with Gasteiger partial charge in [0.05, 0.1) is 6.10 Å². The molecule has 0 amide bonds. The summed E-state index contributed by atoms with van der Waals surface area (Å²) in [6.07, 6.45) is -0.416. The van der Waals surface area contributed by atoms with Crippen LogP contribution >= 0.6 is 0 Å². The Labute approximate surface area is 111 Å². The van der Waals surface area contributed by atoms with E-state index in [0.717, 1.165) is 12.1 Å². The summed E-state index contributed by atoms with van der Waals surface area (Å²) in [6.45, 7) is 3.59. The highest BCUT2D eigenvalue weighted by molar-refractivity contribution is 7.89. The second-order valence-corrected chi connectivity index (χ2v) is 6.31. The van der Waals surface area contributed by atoms with Crippen LogP contribution in [0.1, 0.15) is 20.3 Å². The van der Waals surface area contributed by atoms with E-state index in [-0.39, 0.29) is 18.9 Å². The summed E-state index contributed by atoms with van der Waals surface area (Å²) in [5.74, 6) is -1.98. The van der Waals surface area contributed by atoms with E-state index >= 15 is 0 Å². The molecule has 0 unspecified atom stereocenters. The molecule has 0 fully saturated rings. The number of nitrogens with one attached hydrogen (secondary N) is 1. The fraction of sp³-hybridized carbons (Fsp3) is 0.500. The Morgan fingerprint density at radius 2 is 1.95 bits per heavy atom. The van der Waals surface area contributed by atoms with Gasteiger partial charge in [-0.25, -0.2) is 21.9 Å². The number of aliphatic hydroxyl groups is 1. The Hall–Kier alpha value is -1.05. The fourth-order valence-corrected chi connectivity index (χ4v) is 2.55. The first kappa shape index (κ1) is 16.0. The van der Waals surface area contributed by atoms with E-state index in [1.165, 1.54) is 0 Å². The van der Waals surface area contributed by atoms with E-state index in [9.17, 15) is 22.3 Å². The Kier molecular flexibility index (Phi) is 5.39. The van der Waals surface area contributed by atoms with Gasteiger partial charge in [0.1, 0.15) is 16.5 Å². The second kappa shape index (κ2) is 6.40. The summed E-state index contributed by atoms with van der Waals surface area (Å²) in [6, 6.07) is 2.25. The lowest BCUT2D eigenvalue weighted by Gasteiger charge is -2.14. The summed E-state index contributed by atoms with van der Waals surface area (Å²) in [5.41, 5.74) is 0. The smallest absolute Gasteiger partial charge is 0.243 e. The molecule has 0 aliphatic heterocycles. The lowest BCUT2D eigenvalue weighted by molar-refractivity contribution is 0.118. The average Bonchev–Trinajstić information content (AvgIpc) is 2.27. The van der Waals surface area contributed by atoms with Crippen LogP contribution in [0.5, 0.6) is 0 Å². The van der Waals surface area contributed by atoms with Crippen LogP contribution in [0.2, 0.25) is 0 Å². The number of benzene rings is 1. The van der Waals surface area contributed by atoms with Gasteiger partial charge in [0, 0.05) is 12.6 Å². The molecule has 0 heterocycles. The molecule has 0 spiro atoms. The molecule has 0 radical (unpaired) electrons. The van der Waals surface area contributed by atoms with Gasteiger partial charge >= 0.3 is 0 Å². The first-order valence-electron chi connectivity index (χ1n) is 5.87. The maximum Gasteiger partial charge on any atom is 0.243 e. The summed E-state index contributed by atoms with van der Waals surface area (Å²) >= 11 is 0. The van der Waals surface area contributed by atoms with E-state index in [4.69, 9.17) is 0 Å². The van der Waals surface area contributed by atoms with Crippen LogP contribution in [0.3, 0.4) is 0 Å². The SMILES string of the molecule is CC(C)[C@H](O)CCNS(=O)(=O)c1ccc(F)cc1F. The Morgan fingerprint density at radius 1 is 1.32 bits per heavy atom. The third-order valence-corrected chi connectivity index (χ3v) is 4.18. The van der Waals surface area contributed by atoms with Crippen LogP contribution < -0.4 is 4.72 Å². The van der Waals surface area contributed by atoms with Gasteiger partial charge in [-0.2, -0.15) is 0 Å². The van der Waals surface area contributed by atoms with Crippen LogP contribution in [0.25, 0.3) is 0 Å². The molecule has 4 nitrogen and oxygen atoms in total. The molecule has 0 aliphatic carbocycles.